The number of aliphatic hydroxyl groups is 1. The summed E-state index contributed by atoms with van der Waals surface area (Å²) in [4.78, 5) is 21.6. The Kier molecular flexibility index (Phi) is 5.50. The number of benzene rings is 1. The average Bonchev–Trinajstić information content (AvgIpc) is 3.34. The average molecular weight is 435 g/mol. The minimum Gasteiger partial charge on any atom is -0.389 e. The number of β-amino-alcohol motifs (C(OH)–C–C–N with tert-alkyl or cyclic N) is 1. The van der Waals surface area contributed by atoms with Crippen molar-refractivity contribution < 1.29 is 19.2 Å². The first-order valence-corrected chi connectivity index (χ1v) is 10.7. The maximum absolute atomic E-state index is 12.4. The second kappa shape index (κ2) is 8.60. The molecule has 2 fully saturated rings. The van der Waals surface area contributed by atoms with Gasteiger partial charge in [0.25, 0.3) is 5.91 Å². The molecule has 2 aromatic heterocycles. The van der Waals surface area contributed by atoms with Crippen LogP contribution in [0.5, 0.6) is 0 Å². The Morgan fingerprint density at radius 3 is 2.53 bits per heavy atom. The number of hydrogen-bond donors (Lipinski definition) is 2. The van der Waals surface area contributed by atoms with Crippen molar-refractivity contribution in [2.45, 2.75) is 13.0 Å². The highest BCUT2D eigenvalue weighted by Gasteiger charge is 2.27. The van der Waals surface area contributed by atoms with Gasteiger partial charge in [0.05, 0.1) is 19.3 Å². The van der Waals surface area contributed by atoms with Crippen LogP contribution in [0.3, 0.4) is 0 Å². The Hall–Kier alpha value is -3.43. The smallest absolute Gasteiger partial charge is 0.277 e. The summed E-state index contributed by atoms with van der Waals surface area (Å²) in [5.74, 6) is 1.40. The van der Waals surface area contributed by atoms with E-state index in [1.54, 1.807) is 0 Å². The van der Waals surface area contributed by atoms with Gasteiger partial charge in [0.2, 0.25) is 0 Å². The Morgan fingerprint density at radius 2 is 1.84 bits per heavy atom. The second-order valence-corrected chi connectivity index (χ2v) is 8.10. The number of hydrogen-bond acceptors (Lipinski definition) is 8. The minimum atomic E-state index is -0.326. The molecule has 3 aromatic rings. The molecule has 9 nitrogen and oxygen atoms in total. The molecule has 2 N–H and O–H groups in total. The molecule has 9 heteroatoms. The van der Waals surface area contributed by atoms with E-state index in [-0.39, 0.29) is 17.7 Å². The van der Waals surface area contributed by atoms with E-state index in [2.05, 4.69) is 26.3 Å². The summed E-state index contributed by atoms with van der Waals surface area (Å²) in [6, 6.07) is 11.5. The van der Waals surface area contributed by atoms with Crippen LogP contribution in [0.1, 0.15) is 16.1 Å². The van der Waals surface area contributed by atoms with Gasteiger partial charge in [-0.15, -0.1) is 0 Å². The monoisotopic (exact) mass is 435 g/mol. The van der Waals surface area contributed by atoms with E-state index < -0.39 is 0 Å². The molecule has 0 bridgehead atoms. The van der Waals surface area contributed by atoms with Gasteiger partial charge in [-0.2, -0.15) is 0 Å². The molecule has 0 atom stereocenters. The summed E-state index contributed by atoms with van der Waals surface area (Å²) in [5, 5.41) is 16.3. The summed E-state index contributed by atoms with van der Waals surface area (Å²) in [6.07, 6.45) is 1.05. The highest BCUT2D eigenvalue weighted by molar-refractivity contribution is 6.03. The SMILES string of the molecule is Cc1ccc(NC(=O)c2ccon2)cc1-c1cc(N2CCOCC2)nc(N2CC(O)C2)c1. The molecule has 32 heavy (non-hydrogen) atoms. The topological polar surface area (TPSA) is 104 Å². The molecule has 2 saturated heterocycles. The van der Waals surface area contributed by atoms with Gasteiger partial charge in [0, 0.05) is 37.9 Å². The van der Waals surface area contributed by atoms with Crippen LogP contribution in [0.25, 0.3) is 11.1 Å². The van der Waals surface area contributed by atoms with Gasteiger partial charge in [-0.05, 0) is 47.9 Å². The summed E-state index contributed by atoms with van der Waals surface area (Å²) >= 11 is 0. The zero-order valence-corrected chi connectivity index (χ0v) is 17.8. The zero-order chi connectivity index (χ0) is 22.1. The van der Waals surface area contributed by atoms with E-state index >= 15 is 0 Å². The van der Waals surface area contributed by atoms with Crippen LogP contribution in [0, 0.1) is 6.92 Å². The van der Waals surface area contributed by atoms with Gasteiger partial charge < -0.3 is 29.5 Å². The van der Waals surface area contributed by atoms with Gasteiger partial charge >= 0.3 is 0 Å². The van der Waals surface area contributed by atoms with Crippen molar-refractivity contribution in [2.75, 3.05) is 54.5 Å². The lowest BCUT2D eigenvalue weighted by molar-refractivity contribution is 0.101. The molecule has 0 radical (unpaired) electrons. The van der Waals surface area contributed by atoms with Crippen molar-refractivity contribution in [3.8, 4) is 11.1 Å². The molecule has 2 aliphatic heterocycles. The lowest BCUT2D eigenvalue weighted by Crippen LogP contribution is -2.51. The van der Waals surface area contributed by atoms with Crippen LogP contribution in [0.15, 0.2) is 47.2 Å². The van der Waals surface area contributed by atoms with Crippen molar-refractivity contribution in [3.63, 3.8) is 0 Å². The molecule has 2 aliphatic rings. The number of aliphatic hydroxyl groups excluding tert-OH is 1. The number of carbonyl (C=O) groups is 1. The molecule has 0 spiro atoms. The first kappa shape index (κ1) is 20.5. The quantitative estimate of drug-likeness (QED) is 0.629. The minimum absolute atomic E-state index is 0.226. The van der Waals surface area contributed by atoms with Gasteiger partial charge in [-0.3, -0.25) is 4.79 Å². The lowest BCUT2D eigenvalue weighted by atomic mass is 9.99. The number of aromatic nitrogens is 2. The predicted octanol–water partition coefficient (Wildman–Crippen LogP) is 2.31. The molecule has 4 heterocycles. The van der Waals surface area contributed by atoms with Crippen molar-refractivity contribution in [2.24, 2.45) is 0 Å². The highest BCUT2D eigenvalue weighted by Crippen LogP contribution is 2.33. The fraction of sp³-hybridized carbons (Fsp3) is 0.348. The van der Waals surface area contributed by atoms with Crippen LogP contribution in [-0.2, 0) is 4.74 Å². The zero-order valence-electron chi connectivity index (χ0n) is 17.8. The lowest BCUT2D eigenvalue weighted by Gasteiger charge is -2.38. The van der Waals surface area contributed by atoms with E-state index in [9.17, 15) is 9.90 Å². The fourth-order valence-electron chi connectivity index (χ4n) is 3.95. The van der Waals surface area contributed by atoms with Gasteiger partial charge in [0.1, 0.15) is 17.9 Å². The van der Waals surface area contributed by atoms with Crippen LogP contribution in [0.2, 0.25) is 0 Å². The molecule has 1 amide bonds. The number of pyridine rings is 1. The third kappa shape index (κ3) is 4.17. The van der Waals surface area contributed by atoms with Crippen LogP contribution >= 0.6 is 0 Å². The molecule has 0 unspecified atom stereocenters. The third-order valence-electron chi connectivity index (χ3n) is 5.80. The van der Waals surface area contributed by atoms with E-state index in [0.29, 0.717) is 32.0 Å². The molecular formula is C23H25N5O4. The molecule has 1 aromatic carbocycles. The first-order valence-electron chi connectivity index (χ1n) is 10.7. The van der Waals surface area contributed by atoms with Crippen molar-refractivity contribution >= 4 is 23.2 Å². The van der Waals surface area contributed by atoms with Crippen LogP contribution in [0.4, 0.5) is 17.3 Å². The summed E-state index contributed by atoms with van der Waals surface area (Å²) in [5.41, 5.74) is 3.99. The Labute approximate surface area is 185 Å². The van der Waals surface area contributed by atoms with Crippen molar-refractivity contribution in [1.82, 2.24) is 10.1 Å². The number of aryl methyl sites for hydroxylation is 1. The van der Waals surface area contributed by atoms with Gasteiger partial charge in [-0.1, -0.05) is 11.2 Å². The van der Waals surface area contributed by atoms with E-state index in [4.69, 9.17) is 14.2 Å². The summed E-state index contributed by atoms with van der Waals surface area (Å²) in [6.45, 7) is 6.10. The molecule has 0 aliphatic carbocycles. The number of amides is 1. The molecule has 5 rings (SSSR count). The summed E-state index contributed by atoms with van der Waals surface area (Å²) in [7, 11) is 0. The number of nitrogens with one attached hydrogen (secondary N) is 1. The highest BCUT2D eigenvalue weighted by atomic mass is 16.5. The molecule has 0 saturated carbocycles. The maximum atomic E-state index is 12.4. The fourth-order valence-corrected chi connectivity index (χ4v) is 3.95. The van der Waals surface area contributed by atoms with Crippen molar-refractivity contribution in [1.29, 1.82) is 0 Å². The Morgan fingerprint density at radius 1 is 1.09 bits per heavy atom. The number of anilines is 3. The normalized spacial score (nSPS) is 16.7. The number of ether oxygens (including phenoxy) is 1. The third-order valence-corrected chi connectivity index (χ3v) is 5.80. The summed E-state index contributed by atoms with van der Waals surface area (Å²) < 4.78 is 10.3. The van der Waals surface area contributed by atoms with E-state index in [0.717, 1.165) is 41.4 Å². The molecular weight excluding hydrogens is 410 g/mol. The van der Waals surface area contributed by atoms with E-state index in [1.807, 2.05) is 31.2 Å². The second-order valence-electron chi connectivity index (χ2n) is 8.10. The van der Waals surface area contributed by atoms with Gasteiger partial charge in [0.15, 0.2) is 5.69 Å². The Balaban J connectivity index is 1.49. The number of morpholine rings is 1. The number of nitrogens with zero attached hydrogens (tertiary/aromatic N) is 4. The van der Waals surface area contributed by atoms with E-state index in [1.165, 1.54) is 12.3 Å². The van der Waals surface area contributed by atoms with Gasteiger partial charge in [-0.25, -0.2) is 4.98 Å². The number of rotatable bonds is 5. The molecule has 166 valence electrons. The van der Waals surface area contributed by atoms with Crippen LogP contribution < -0.4 is 15.1 Å². The van der Waals surface area contributed by atoms with Crippen molar-refractivity contribution in [3.05, 3.63) is 53.9 Å². The predicted molar refractivity (Wildman–Crippen MR) is 120 cm³/mol. The number of carbonyl (C=O) groups excluding carboxylic acids is 1. The maximum Gasteiger partial charge on any atom is 0.277 e. The Bertz CT molecular complexity index is 1110. The standard InChI is InChI=1S/C23H25N5O4/c1-15-2-3-17(24-23(30)20-4-7-32-26-20)12-19(15)16-10-21(27-5-8-31-9-6-27)25-22(11-16)28-13-18(29)14-28/h2-4,7,10-12,18,29H,5-6,8-9,13-14H2,1H3,(H,24,30). The van der Waals surface area contributed by atoms with Crippen LogP contribution in [-0.4, -0.2) is 66.7 Å². The first-order chi connectivity index (χ1) is 15.6. The largest absolute Gasteiger partial charge is 0.389 e.